The van der Waals surface area contributed by atoms with Gasteiger partial charge in [0.2, 0.25) is 13.6 Å². The lowest BCUT2D eigenvalue weighted by molar-refractivity contribution is 0.0912. The van der Waals surface area contributed by atoms with Gasteiger partial charge in [-0.05, 0) is 43.3 Å². The van der Waals surface area contributed by atoms with Crippen LogP contribution in [0, 0.1) is 0 Å². The number of benzene rings is 2. The molecule has 0 spiro atoms. The average Bonchev–Trinajstić information content (AvgIpc) is 3.33. The van der Waals surface area contributed by atoms with Gasteiger partial charge in [-0.2, -0.15) is 0 Å². The lowest BCUT2D eigenvalue weighted by Gasteiger charge is -2.15. The molecule has 1 atom stereocenters. The fourth-order valence-electron chi connectivity index (χ4n) is 2.78. The Balaban J connectivity index is 1.31. The standard InChI is InChI=1S/C19H18N2O6/c1-11(21-19(23)13-3-5-15-17(7-13)27-10-25-15)8-20-18(22)12-2-4-14-16(6-12)26-9-24-14/h2-7,11H,8-10H2,1H3,(H,20,22)(H,21,23). The van der Waals surface area contributed by atoms with Gasteiger partial charge in [0.05, 0.1) is 0 Å². The van der Waals surface area contributed by atoms with E-state index in [0.29, 0.717) is 34.1 Å². The number of amides is 2. The molecule has 0 saturated carbocycles. The highest BCUT2D eigenvalue weighted by Crippen LogP contribution is 2.33. The van der Waals surface area contributed by atoms with E-state index in [2.05, 4.69) is 10.6 Å². The van der Waals surface area contributed by atoms with E-state index in [1.54, 1.807) is 36.4 Å². The number of fused-ring (bicyclic) bond motifs is 2. The van der Waals surface area contributed by atoms with Gasteiger partial charge in [-0.25, -0.2) is 0 Å². The van der Waals surface area contributed by atoms with Crippen LogP contribution in [0.2, 0.25) is 0 Å². The van der Waals surface area contributed by atoms with Crippen molar-refractivity contribution in [1.29, 1.82) is 0 Å². The Bertz CT molecular complexity index is 898. The van der Waals surface area contributed by atoms with Gasteiger partial charge in [0.15, 0.2) is 23.0 Å². The number of hydrogen-bond donors (Lipinski definition) is 2. The van der Waals surface area contributed by atoms with Crippen molar-refractivity contribution in [2.45, 2.75) is 13.0 Å². The SMILES string of the molecule is CC(CNC(=O)c1ccc2c(c1)OCO2)NC(=O)c1ccc2c(c1)OCO2. The van der Waals surface area contributed by atoms with Gasteiger partial charge >= 0.3 is 0 Å². The second-order valence-electron chi connectivity index (χ2n) is 6.22. The summed E-state index contributed by atoms with van der Waals surface area (Å²) in [6, 6.07) is 9.73. The van der Waals surface area contributed by atoms with Crippen molar-refractivity contribution in [3.63, 3.8) is 0 Å². The fraction of sp³-hybridized carbons (Fsp3) is 0.263. The van der Waals surface area contributed by atoms with E-state index in [1.807, 2.05) is 6.92 Å². The molecule has 0 radical (unpaired) electrons. The van der Waals surface area contributed by atoms with E-state index >= 15 is 0 Å². The molecule has 2 aromatic rings. The molecular weight excluding hydrogens is 352 g/mol. The molecule has 8 heteroatoms. The maximum absolute atomic E-state index is 12.3. The zero-order valence-corrected chi connectivity index (χ0v) is 14.6. The van der Waals surface area contributed by atoms with E-state index < -0.39 is 0 Å². The highest BCUT2D eigenvalue weighted by molar-refractivity contribution is 5.96. The normalized spacial score (nSPS) is 14.6. The molecule has 4 rings (SSSR count). The third-order valence-electron chi connectivity index (χ3n) is 4.22. The number of carbonyl (C=O) groups is 2. The quantitative estimate of drug-likeness (QED) is 0.832. The third kappa shape index (κ3) is 3.59. The van der Waals surface area contributed by atoms with Crippen molar-refractivity contribution < 1.29 is 28.5 Å². The molecule has 0 fully saturated rings. The van der Waals surface area contributed by atoms with Gasteiger partial charge in [-0.15, -0.1) is 0 Å². The minimum absolute atomic E-state index is 0.155. The molecule has 140 valence electrons. The number of rotatable bonds is 5. The maximum Gasteiger partial charge on any atom is 0.251 e. The largest absolute Gasteiger partial charge is 0.454 e. The van der Waals surface area contributed by atoms with E-state index in [4.69, 9.17) is 18.9 Å². The summed E-state index contributed by atoms with van der Waals surface area (Å²) in [5.74, 6) is 1.83. The Morgan fingerprint density at radius 3 is 1.96 bits per heavy atom. The molecule has 2 amide bonds. The third-order valence-corrected chi connectivity index (χ3v) is 4.22. The van der Waals surface area contributed by atoms with Crippen LogP contribution < -0.4 is 29.6 Å². The second kappa shape index (κ2) is 7.06. The molecule has 0 aliphatic carbocycles. The van der Waals surface area contributed by atoms with Crippen LogP contribution >= 0.6 is 0 Å². The summed E-state index contributed by atoms with van der Waals surface area (Å²) in [5.41, 5.74) is 0.932. The predicted octanol–water partition coefficient (Wildman–Crippen LogP) is 1.69. The minimum Gasteiger partial charge on any atom is -0.454 e. The predicted molar refractivity (Wildman–Crippen MR) is 94.4 cm³/mol. The summed E-state index contributed by atoms with van der Waals surface area (Å²) in [6.45, 7) is 2.40. The van der Waals surface area contributed by atoms with Crippen LogP contribution in [0.15, 0.2) is 36.4 Å². The maximum atomic E-state index is 12.3. The van der Waals surface area contributed by atoms with Gasteiger partial charge < -0.3 is 29.6 Å². The summed E-state index contributed by atoms with van der Waals surface area (Å²) < 4.78 is 21.0. The number of nitrogens with one attached hydrogen (secondary N) is 2. The molecule has 2 heterocycles. The van der Waals surface area contributed by atoms with Gasteiger partial charge in [-0.1, -0.05) is 0 Å². The van der Waals surface area contributed by atoms with Crippen molar-refractivity contribution in [2.24, 2.45) is 0 Å². The second-order valence-corrected chi connectivity index (χ2v) is 6.22. The molecule has 1 unspecified atom stereocenters. The van der Waals surface area contributed by atoms with Crippen molar-refractivity contribution in [3.05, 3.63) is 47.5 Å². The Kier molecular flexibility index (Phi) is 4.45. The number of hydrogen-bond acceptors (Lipinski definition) is 6. The zero-order valence-electron chi connectivity index (χ0n) is 14.6. The van der Waals surface area contributed by atoms with Gasteiger partial charge in [0.25, 0.3) is 11.8 Å². The minimum atomic E-state index is -0.263. The summed E-state index contributed by atoms with van der Waals surface area (Å²) in [5, 5.41) is 5.63. The molecule has 0 aromatic heterocycles. The topological polar surface area (TPSA) is 95.1 Å². The van der Waals surface area contributed by atoms with Crippen LogP contribution in [-0.4, -0.2) is 38.0 Å². The van der Waals surface area contributed by atoms with Crippen LogP contribution in [0.5, 0.6) is 23.0 Å². The highest BCUT2D eigenvalue weighted by atomic mass is 16.7. The van der Waals surface area contributed by atoms with Crippen LogP contribution in [0.3, 0.4) is 0 Å². The van der Waals surface area contributed by atoms with E-state index in [1.165, 1.54) is 0 Å². The monoisotopic (exact) mass is 370 g/mol. The van der Waals surface area contributed by atoms with Gasteiger partial charge in [-0.3, -0.25) is 9.59 Å². The van der Waals surface area contributed by atoms with Crippen LogP contribution in [0.4, 0.5) is 0 Å². The first kappa shape index (κ1) is 17.0. The van der Waals surface area contributed by atoms with Gasteiger partial charge in [0, 0.05) is 23.7 Å². The van der Waals surface area contributed by atoms with Crippen molar-refractivity contribution >= 4 is 11.8 Å². The Labute approximate surface area is 155 Å². The molecule has 2 N–H and O–H groups in total. The summed E-state index contributed by atoms with van der Waals surface area (Å²) in [4.78, 5) is 24.6. The first-order valence-corrected chi connectivity index (χ1v) is 8.48. The van der Waals surface area contributed by atoms with Crippen molar-refractivity contribution in [1.82, 2.24) is 10.6 Å². The molecule has 0 saturated heterocycles. The highest BCUT2D eigenvalue weighted by Gasteiger charge is 2.19. The Morgan fingerprint density at radius 2 is 1.37 bits per heavy atom. The summed E-state index contributed by atoms with van der Waals surface area (Å²) >= 11 is 0. The summed E-state index contributed by atoms with van der Waals surface area (Å²) in [6.07, 6.45) is 0. The first-order valence-electron chi connectivity index (χ1n) is 8.48. The van der Waals surface area contributed by atoms with Crippen molar-refractivity contribution in [3.8, 4) is 23.0 Å². The van der Waals surface area contributed by atoms with Gasteiger partial charge in [0.1, 0.15) is 0 Å². The van der Waals surface area contributed by atoms with E-state index in [-0.39, 0.29) is 38.0 Å². The molecule has 2 aliphatic rings. The van der Waals surface area contributed by atoms with E-state index in [0.717, 1.165) is 0 Å². The molecular formula is C19H18N2O6. The lowest BCUT2D eigenvalue weighted by atomic mass is 10.1. The lowest BCUT2D eigenvalue weighted by Crippen LogP contribution is -2.41. The fourth-order valence-corrected chi connectivity index (χ4v) is 2.78. The van der Waals surface area contributed by atoms with Crippen LogP contribution in [-0.2, 0) is 0 Å². The average molecular weight is 370 g/mol. The Hall–Kier alpha value is -3.42. The number of carbonyl (C=O) groups excluding carboxylic acids is 2. The smallest absolute Gasteiger partial charge is 0.251 e. The molecule has 27 heavy (non-hydrogen) atoms. The zero-order chi connectivity index (χ0) is 18.8. The van der Waals surface area contributed by atoms with E-state index in [9.17, 15) is 9.59 Å². The van der Waals surface area contributed by atoms with Crippen LogP contribution in [0.25, 0.3) is 0 Å². The Morgan fingerprint density at radius 1 is 0.852 bits per heavy atom. The van der Waals surface area contributed by atoms with Crippen molar-refractivity contribution in [2.75, 3.05) is 20.1 Å². The van der Waals surface area contributed by atoms with Crippen LogP contribution in [0.1, 0.15) is 27.6 Å². The molecule has 2 aliphatic heterocycles. The molecule has 0 bridgehead atoms. The molecule has 2 aromatic carbocycles. The number of ether oxygens (including phenoxy) is 4. The first-order chi connectivity index (χ1) is 13.1. The summed E-state index contributed by atoms with van der Waals surface area (Å²) in [7, 11) is 0. The molecule has 8 nitrogen and oxygen atoms in total.